The standard InChI is InChI=1S/C23H22O10/c1-10(24)31-9-16-19(28)20(29)21(30)23(33-16)17-15(26)7-6-13-18(27)14(8-32-22(13)17)11-2-4-12(25)5-3-11/h2-8,16,19-21,23,25-26,28-30H,9H2,1H3. The Kier molecular flexibility index (Phi) is 6.09. The van der Waals surface area contributed by atoms with Crippen LogP contribution in [-0.2, 0) is 14.3 Å². The predicted octanol–water partition coefficient (Wildman–Crippen LogP) is 0.957. The summed E-state index contributed by atoms with van der Waals surface area (Å²) < 4.78 is 16.2. The number of aromatic hydroxyl groups is 2. The smallest absolute Gasteiger partial charge is 0.302 e. The maximum absolute atomic E-state index is 13.1. The molecule has 0 amide bonds. The van der Waals surface area contributed by atoms with Gasteiger partial charge in [-0.15, -0.1) is 0 Å². The van der Waals surface area contributed by atoms with Gasteiger partial charge in [-0.25, -0.2) is 0 Å². The highest BCUT2D eigenvalue weighted by Gasteiger charge is 2.46. The highest BCUT2D eigenvalue weighted by atomic mass is 16.6. The maximum atomic E-state index is 13.1. The van der Waals surface area contributed by atoms with Gasteiger partial charge in [0, 0.05) is 6.92 Å². The summed E-state index contributed by atoms with van der Waals surface area (Å²) >= 11 is 0. The van der Waals surface area contributed by atoms with E-state index < -0.39 is 48.5 Å². The summed E-state index contributed by atoms with van der Waals surface area (Å²) in [7, 11) is 0. The number of fused-ring (bicyclic) bond motifs is 1. The summed E-state index contributed by atoms with van der Waals surface area (Å²) in [4.78, 5) is 24.3. The van der Waals surface area contributed by atoms with Gasteiger partial charge in [0.05, 0.1) is 16.5 Å². The van der Waals surface area contributed by atoms with Crippen LogP contribution in [0.5, 0.6) is 11.5 Å². The van der Waals surface area contributed by atoms with Crippen LogP contribution in [0.1, 0.15) is 18.6 Å². The first kappa shape index (κ1) is 22.7. The maximum Gasteiger partial charge on any atom is 0.302 e. The lowest BCUT2D eigenvalue weighted by atomic mass is 9.89. The third-order valence-electron chi connectivity index (χ3n) is 5.58. The van der Waals surface area contributed by atoms with E-state index in [4.69, 9.17) is 13.9 Å². The number of phenolic OH excluding ortho intramolecular Hbond substituents is 2. The first-order chi connectivity index (χ1) is 15.7. The average molecular weight is 458 g/mol. The molecule has 1 aliphatic rings. The van der Waals surface area contributed by atoms with E-state index in [1.54, 1.807) is 12.1 Å². The molecule has 10 heteroatoms. The van der Waals surface area contributed by atoms with Crippen LogP contribution in [0.4, 0.5) is 0 Å². The fourth-order valence-corrected chi connectivity index (χ4v) is 3.85. The molecule has 33 heavy (non-hydrogen) atoms. The number of esters is 1. The molecule has 1 aliphatic heterocycles. The SMILES string of the molecule is CC(=O)OCC1OC(c2c(O)ccc3c(=O)c(-c4ccc(O)cc4)coc23)C(O)C(O)C1O. The Morgan fingerprint density at radius 1 is 1.00 bits per heavy atom. The third kappa shape index (κ3) is 4.16. The topological polar surface area (TPSA) is 167 Å². The van der Waals surface area contributed by atoms with Gasteiger partial charge in [-0.1, -0.05) is 12.1 Å². The number of benzene rings is 2. The second-order valence-corrected chi connectivity index (χ2v) is 7.77. The number of ether oxygens (including phenoxy) is 2. The summed E-state index contributed by atoms with van der Waals surface area (Å²) in [5.74, 6) is -0.978. The van der Waals surface area contributed by atoms with Gasteiger partial charge in [0.25, 0.3) is 0 Å². The minimum atomic E-state index is -1.69. The average Bonchev–Trinajstić information content (AvgIpc) is 2.78. The molecule has 3 aromatic rings. The molecule has 4 rings (SSSR count). The largest absolute Gasteiger partial charge is 0.508 e. The van der Waals surface area contributed by atoms with E-state index in [-0.39, 0.29) is 33.6 Å². The molecule has 5 N–H and O–H groups in total. The lowest BCUT2D eigenvalue weighted by Gasteiger charge is -2.40. The molecule has 2 aromatic carbocycles. The van der Waals surface area contributed by atoms with E-state index in [2.05, 4.69) is 0 Å². The minimum Gasteiger partial charge on any atom is -0.508 e. The first-order valence-corrected chi connectivity index (χ1v) is 10.1. The second-order valence-electron chi connectivity index (χ2n) is 7.77. The van der Waals surface area contributed by atoms with Crippen LogP contribution >= 0.6 is 0 Å². The van der Waals surface area contributed by atoms with Crippen molar-refractivity contribution in [1.29, 1.82) is 0 Å². The molecule has 5 atom stereocenters. The molecular weight excluding hydrogens is 436 g/mol. The molecular formula is C23H22O10. The molecule has 0 saturated carbocycles. The molecule has 0 bridgehead atoms. The zero-order chi connectivity index (χ0) is 23.9. The fourth-order valence-electron chi connectivity index (χ4n) is 3.85. The second kappa shape index (κ2) is 8.83. The summed E-state index contributed by atoms with van der Waals surface area (Å²) in [6.07, 6.45) is -6.39. The molecule has 5 unspecified atom stereocenters. The number of carbonyl (C=O) groups excluding carboxylic acids is 1. The van der Waals surface area contributed by atoms with Crippen molar-refractivity contribution in [2.24, 2.45) is 0 Å². The van der Waals surface area contributed by atoms with Crippen molar-refractivity contribution in [3.05, 3.63) is 58.4 Å². The molecule has 0 spiro atoms. The number of phenols is 2. The normalized spacial score (nSPS) is 25.2. The van der Waals surface area contributed by atoms with Crippen molar-refractivity contribution in [2.45, 2.75) is 37.4 Å². The Hall–Kier alpha value is -3.44. The van der Waals surface area contributed by atoms with Crippen LogP contribution in [0.15, 0.2) is 51.9 Å². The van der Waals surface area contributed by atoms with Crippen LogP contribution in [-0.4, -0.2) is 62.5 Å². The van der Waals surface area contributed by atoms with Gasteiger partial charge in [0.2, 0.25) is 5.43 Å². The Morgan fingerprint density at radius 2 is 1.70 bits per heavy atom. The molecule has 1 fully saturated rings. The molecule has 174 valence electrons. The fraction of sp³-hybridized carbons (Fsp3) is 0.304. The monoisotopic (exact) mass is 458 g/mol. The van der Waals surface area contributed by atoms with Crippen molar-refractivity contribution in [2.75, 3.05) is 6.61 Å². The van der Waals surface area contributed by atoms with Gasteiger partial charge in [0.15, 0.2) is 0 Å². The Bertz CT molecular complexity index is 1230. The van der Waals surface area contributed by atoms with E-state index in [0.717, 1.165) is 6.92 Å². The van der Waals surface area contributed by atoms with Gasteiger partial charge in [0.1, 0.15) is 60.5 Å². The first-order valence-electron chi connectivity index (χ1n) is 10.1. The van der Waals surface area contributed by atoms with Gasteiger partial charge in [-0.2, -0.15) is 0 Å². The zero-order valence-corrected chi connectivity index (χ0v) is 17.4. The van der Waals surface area contributed by atoms with Gasteiger partial charge in [-0.3, -0.25) is 9.59 Å². The van der Waals surface area contributed by atoms with Crippen molar-refractivity contribution in [3.63, 3.8) is 0 Å². The molecule has 10 nitrogen and oxygen atoms in total. The van der Waals surface area contributed by atoms with Crippen molar-refractivity contribution < 1.29 is 44.2 Å². The number of aliphatic hydroxyl groups is 3. The van der Waals surface area contributed by atoms with Crippen LogP contribution in [0, 0.1) is 0 Å². The minimum absolute atomic E-state index is 0.0311. The molecule has 1 aromatic heterocycles. The van der Waals surface area contributed by atoms with E-state index in [9.17, 15) is 35.1 Å². The zero-order valence-electron chi connectivity index (χ0n) is 17.4. The number of carbonyl (C=O) groups is 1. The van der Waals surface area contributed by atoms with Gasteiger partial charge >= 0.3 is 5.97 Å². The lowest BCUT2D eigenvalue weighted by molar-refractivity contribution is -0.234. The van der Waals surface area contributed by atoms with Gasteiger partial charge in [-0.05, 0) is 29.8 Å². The highest BCUT2D eigenvalue weighted by Crippen LogP contribution is 2.40. The number of aliphatic hydroxyl groups excluding tert-OH is 3. The summed E-state index contributed by atoms with van der Waals surface area (Å²) in [5.41, 5.74) is 0.0690. The van der Waals surface area contributed by atoms with E-state index in [0.29, 0.717) is 5.56 Å². The van der Waals surface area contributed by atoms with Crippen molar-refractivity contribution in [3.8, 4) is 22.6 Å². The van der Waals surface area contributed by atoms with Crippen molar-refractivity contribution in [1.82, 2.24) is 0 Å². The molecule has 1 saturated heterocycles. The number of hydrogen-bond donors (Lipinski definition) is 5. The van der Waals surface area contributed by atoms with Crippen LogP contribution in [0.3, 0.4) is 0 Å². The van der Waals surface area contributed by atoms with Crippen LogP contribution in [0.2, 0.25) is 0 Å². The molecule has 0 aliphatic carbocycles. The van der Waals surface area contributed by atoms with E-state index >= 15 is 0 Å². The van der Waals surface area contributed by atoms with E-state index in [1.807, 2.05) is 0 Å². The summed E-state index contributed by atoms with van der Waals surface area (Å²) in [5, 5.41) is 51.2. The van der Waals surface area contributed by atoms with Gasteiger partial charge < -0.3 is 39.4 Å². The third-order valence-corrected chi connectivity index (χ3v) is 5.58. The lowest BCUT2D eigenvalue weighted by Crippen LogP contribution is -2.55. The highest BCUT2D eigenvalue weighted by molar-refractivity contribution is 5.86. The summed E-state index contributed by atoms with van der Waals surface area (Å²) in [6.45, 7) is 0.756. The Labute approximate surface area is 186 Å². The predicted molar refractivity (Wildman–Crippen MR) is 114 cm³/mol. The molecule has 0 radical (unpaired) electrons. The Balaban J connectivity index is 1.80. The quantitative estimate of drug-likeness (QED) is 0.355. The number of rotatable bonds is 4. The molecule has 2 heterocycles. The Morgan fingerprint density at radius 3 is 2.36 bits per heavy atom. The summed E-state index contributed by atoms with van der Waals surface area (Å²) in [6, 6.07) is 8.50. The number of hydrogen-bond acceptors (Lipinski definition) is 10. The van der Waals surface area contributed by atoms with Crippen LogP contribution in [0.25, 0.3) is 22.1 Å². The van der Waals surface area contributed by atoms with Crippen molar-refractivity contribution >= 4 is 16.9 Å². The van der Waals surface area contributed by atoms with Crippen LogP contribution < -0.4 is 5.43 Å². The van der Waals surface area contributed by atoms with E-state index in [1.165, 1.54) is 30.5 Å².